The summed E-state index contributed by atoms with van der Waals surface area (Å²) in [4.78, 5) is 23.7. The summed E-state index contributed by atoms with van der Waals surface area (Å²) >= 11 is 6.00. The number of hydrogen-bond acceptors (Lipinski definition) is 3. The number of carbonyl (C=O) groups excluding carboxylic acids is 2. The zero-order valence-electron chi connectivity index (χ0n) is 12.0. The quantitative estimate of drug-likeness (QED) is 0.793. The molecule has 0 aromatic heterocycles. The highest BCUT2D eigenvalue weighted by atomic mass is 35.5. The molecule has 1 aromatic rings. The van der Waals surface area contributed by atoms with E-state index in [1.807, 2.05) is 13.0 Å². The van der Waals surface area contributed by atoms with Gasteiger partial charge in [-0.1, -0.05) is 17.7 Å². The number of benzene rings is 1. The minimum Gasteiger partial charge on any atom is -0.347 e. The van der Waals surface area contributed by atoms with Crippen molar-refractivity contribution in [3.8, 4) is 0 Å². The SMILES string of the molecule is Cc1ccc(NC(=O)CNC(=O)C2CCNCC2)cc1Cl. The predicted octanol–water partition coefficient (Wildman–Crippen LogP) is 1.70. The van der Waals surface area contributed by atoms with Crippen LogP contribution in [0.15, 0.2) is 18.2 Å². The van der Waals surface area contributed by atoms with Crippen LogP contribution in [0, 0.1) is 12.8 Å². The Morgan fingerprint density at radius 2 is 2.05 bits per heavy atom. The topological polar surface area (TPSA) is 70.2 Å². The number of hydrogen-bond donors (Lipinski definition) is 3. The first-order chi connectivity index (χ1) is 10.1. The second kappa shape index (κ2) is 7.43. The summed E-state index contributed by atoms with van der Waals surface area (Å²) < 4.78 is 0. The molecule has 0 bridgehead atoms. The van der Waals surface area contributed by atoms with Crippen LogP contribution < -0.4 is 16.0 Å². The van der Waals surface area contributed by atoms with Gasteiger partial charge in [0.2, 0.25) is 11.8 Å². The van der Waals surface area contributed by atoms with Crippen molar-refractivity contribution >= 4 is 29.1 Å². The van der Waals surface area contributed by atoms with Gasteiger partial charge < -0.3 is 16.0 Å². The van der Waals surface area contributed by atoms with Crippen LogP contribution in [0.2, 0.25) is 5.02 Å². The lowest BCUT2D eigenvalue weighted by Crippen LogP contribution is -2.41. The van der Waals surface area contributed by atoms with E-state index in [4.69, 9.17) is 11.6 Å². The average Bonchev–Trinajstić information content (AvgIpc) is 2.49. The lowest BCUT2D eigenvalue weighted by molar-refractivity contribution is -0.127. The van der Waals surface area contributed by atoms with E-state index in [-0.39, 0.29) is 24.3 Å². The summed E-state index contributed by atoms with van der Waals surface area (Å²) in [5.41, 5.74) is 1.58. The molecule has 1 heterocycles. The number of amides is 2. The second-order valence-electron chi connectivity index (χ2n) is 5.25. The first-order valence-electron chi connectivity index (χ1n) is 7.10. The molecule has 5 nitrogen and oxygen atoms in total. The van der Waals surface area contributed by atoms with E-state index in [0.717, 1.165) is 31.5 Å². The Morgan fingerprint density at radius 1 is 1.33 bits per heavy atom. The predicted molar refractivity (Wildman–Crippen MR) is 83.4 cm³/mol. The summed E-state index contributed by atoms with van der Waals surface area (Å²) in [6, 6.07) is 5.32. The van der Waals surface area contributed by atoms with E-state index in [1.54, 1.807) is 12.1 Å². The van der Waals surface area contributed by atoms with Gasteiger partial charge >= 0.3 is 0 Å². The van der Waals surface area contributed by atoms with Gasteiger partial charge in [-0.05, 0) is 50.6 Å². The molecular formula is C15H20ClN3O2. The molecule has 0 aliphatic carbocycles. The standard InChI is InChI=1S/C15H20ClN3O2/c1-10-2-3-12(8-13(10)16)19-14(20)9-18-15(21)11-4-6-17-7-5-11/h2-3,8,11,17H,4-7,9H2,1H3,(H,18,21)(H,19,20). The summed E-state index contributed by atoms with van der Waals surface area (Å²) in [6.07, 6.45) is 1.64. The Labute approximate surface area is 129 Å². The van der Waals surface area contributed by atoms with Crippen molar-refractivity contribution < 1.29 is 9.59 Å². The van der Waals surface area contributed by atoms with Gasteiger partial charge in [0.05, 0.1) is 6.54 Å². The highest BCUT2D eigenvalue weighted by Crippen LogP contribution is 2.19. The normalized spacial score (nSPS) is 15.5. The van der Waals surface area contributed by atoms with E-state index in [1.165, 1.54) is 0 Å². The molecular weight excluding hydrogens is 290 g/mol. The second-order valence-corrected chi connectivity index (χ2v) is 5.66. The number of halogens is 1. The maximum absolute atomic E-state index is 11.9. The van der Waals surface area contributed by atoms with Gasteiger partial charge in [-0.2, -0.15) is 0 Å². The molecule has 1 fully saturated rings. The van der Waals surface area contributed by atoms with E-state index < -0.39 is 0 Å². The summed E-state index contributed by atoms with van der Waals surface area (Å²) in [5.74, 6) is -0.293. The number of carbonyl (C=O) groups is 2. The summed E-state index contributed by atoms with van der Waals surface area (Å²) in [6.45, 7) is 3.58. The molecule has 0 spiro atoms. The van der Waals surface area contributed by atoms with Crippen molar-refractivity contribution in [3.05, 3.63) is 28.8 Å². The Kier molecular flexibility index (Phi) is 5.59. The zero-order valence-corrected chi connectivity index (χ0v) is 12.8. The smallest absolute Gasteiger partial charge is 0.243 e. The van der Waals surface area contributed by atoms with Crippen molar-refractivity contribution in [2.45, 2.75) is 19.8 Å². The molecule has 2 rings (SSSR count). The van der Waals surface area contributed by atoms with Crippen molar-refractivity contribution in [1.29, 1.82) is 0 Å². The van der Waals surface area contributed by atoms with E-state index in [2.05, 4.69) is 16.0 Å². The third-order valence-corrected chi connectivity index (χ3v) is 4.00. The summed E-state index contributed by atoms with van der Waals surface area (Å²) in [7, 11) is 0. The van der Waals surface area contributed by atoms with E-state index in [9.17, 15) is 9.59 Å². The monoisotopic (exact) mass is 309 g/mol. The molecule has 0 saturated carbocycles. The van der Waals surface area contributed by atoms with Crippen LogP contribution in [0.5, 0.6) is 0 Å². The van der Waals surface area contributed by atoms with Gasteiger partial charge in [-0.25, -0.2) is 0 Å². The molecule has 21 heavy (non-hydrogen) atoms. The van der Waals surface area contributed by atoms with Gasteiger partial charge in [-0.15, -0.1) is 0 Å². The molecule has 1 aliphatic rings. The lowest BCUT2D eigenvalue weighted by atomic mass is 9.97. The highest BCUT2D eigenvalue weighted by molar-refractivity contribution is 6.31. The van der Waals surface area contributed by atoms with Crippen LogP contribution in [-0.4, -0.2) is 31.4 Å². The third kappa shape index (κ3) is 4.72. The minimum absolute atomic E-state index is 0.00729. The summed E-state index contributed by atoms with van der Waals surface area (Å²) in [5, 5.41) is 9.21. The average molecular weight is 310 g/mol. The molecule has 114 valence electrons. The van der Waals surface area contributed by atoms with Crippen molar-refractivity contribution in [2.24, 2.45) is 5.92 Å². The molecule has 2 amide bonds. The minimum atomic E-state index is -0.253. The molecule has 0 unspecified atom stereocenters. The Hall–Kier alpha value is -1.59. The van der Waals surface area contributed by atoms with Crippen LogP contribution in [0.3, 0.4) is 0 Å². The third-order valence-electron chi connectivity index (χ3n) is 3.59. The Morgan fingerprint density at radius 3 is 2.71 bits per heavy atom. The van der Waals surface area contributed by atoms with Crippen LogP contribution in [0.4, 0.5) is 5.69 Å². The number of nitrogens with one attached hydrogen (secondary N) is 3. The number of aryl methyl sites for hydroxylation is 1. The molecule has 6 heteroatoms. The molecule has 1 saturated heterocycles. The molecule has 3 N–H and O–H groups in total. The van der Waals surface area contributed by atoms with Crippen LogP contribution >= 0.6 is 11.6 Å². The first kappa shape index (κ1) is 15.8. The van der Waals surface area contributed by atoms with Gasteiger partial charge in [-0.3, -0.25) is 9.59 Å². The molecule has 0 atom stereocenters. The van der Waals surface area contributed by atoms with Gasteiger partial charge in [0.1, 0.15) is 0 Å². The zero-order chi connectivity index (χ0) is 15.2. The lowest BCUT2D eigenvalue weighted by Gasteiger charge is -2.21. The Balaban J connectivity index is 1.78. The number of rotatable bonds is 4. The van der Waals surface area contributed by atoms with Crippen LogP contribution in [0.25, 0.3) is 0 Å². The molecule has 0 radical (unpaired) electrons. The van der Waals surface area contributed by atoms with Gasteiger partial charge in [0.15, 0.2) is 0 Å². The fourth-order valence-electron chi connectivity index (χ4n) is 2.27. The molecule has 1 aliphatic heterocycles. The van der Waals surface area contributed by atoms with Crippen molar-refractivity contribution in [1.82, 2.24) is 10.6 Å². The molecule has 1 aromatic carbocycles. The first-order valence-corrected chi connectivity index (χ1v) is 7.48. The largest absolute Gasteiger partial charge is 0.347 e. The maximum atomic E-state index is 11.9. The number of anilines is 1. The Bertz CT molecular complexity index is 528. The van der Waals surface area contributed by atoms with Crippen LogP contribution in [-0.2, 0) is 9.59 Å². The van der Waals surface area contributed by atoms with Gasteiger partial charge in [0.25, 0.3) is 0 Å². The van der Waals surface area contributed by atoms with Crippen LogP contribution in [0.1, 0.15) is 18.4 Å². The van der Waals surface area contributed by atoms with E-state index >= 15 is 0 Å². The number of piperidine rings is 1. The maximum Gasteiger partial charge on any atom is 0.243 e. The van der Waals surface area contributed by atoms with Gasteiger partial charge in [0, 0.05) is 16.6 Å². The fourth-order valence-corrected chi connectivity index (χ4v) is 2.45. The fraction of sp³-hybridized carbons (Fsp3) is 0.467. The van der Waals surface area contributed by atoms with E-state index in [0.29, 0.717) is 10.7 Å². The van der Waals surface area contributed by atoms with Crippen molar-refractivity contribution in [2.75, 3.05) is 25.0 Å². The highest BCUT2D eigenvalue weighted by Gasteiger charge is 2.20. The van der Waals surface area contributed by atoms with Crippen molar-refractivity contribution in [3.63, 3.8) is 0 Å².